The Labute approximate surface area is 414 Å². The van der Waals surface area contributed by atoms with Crippen molar-refractivity contribution in [2.45, 2.75) is 143 Å². The lowest BCUT2D eigenvalue weighted by molar-refractivity contribution is -0.366. The maximum Gasteiger partial charge on any atom is 0.259 e. The van der Waals surface area contributed by atoms with Crippen molar-refractivity contribution in [1.29, 1.82) is 0 Å². The molecule has 0 spiro atoms. The summed E-state index contributed by atoms with van der Waals surface area (Å²) in [5.74, 6) is -3.96. The van der Waals surface area contributed by atoms with E-state index < -0.39 is 198 Å². The van der Waals surface area contributed by atoms with Gasteiger partial charge in [-0.1, -0.05) is 0 Å². The van der Waals surface area contributed by atoms with Crippen LogP contribution in [-0.4, -0.2) is 301 Å². The van der Waals surface area contributed by atoms with Gasteiger partial charge < -0.3 is 110 Å². The highest BCUT2D eigenvalue weighted by Crippen LogP contribution is 2.31. The Morgan fingerprint density at radius 2 is 1.10 bits per heavy atom. The molecule has 0 aromatic carbocycles. The van der Waals surface area contributed by atoms with Crippen LogP contribution in [-0.2, 0) is 66.8 Å². The molecule has 0 saturated carbocycles. The molecule has 5 aliphatic heterocycles. The summed E-state index contributed by atoms with van der Waals surface area (Å²) >= 11 is 0. The number of carbonyl (C=O) groups is 5. The third-order valence-electron chi connectivity index (χ3n) is 11.9. The van der Waals surface area contributed by atoms with Gasteiger partial charge in [0.15, 0.2) is 25.2 Å². The van der Waals surface area contributed by atoms with Crippen LogP contribution in [0.5, 0.6) is 0 Å². The summed E-state index contributed by atoms with van der Waals surface area (Å²) in [6.45, 7) is -3.61. The summed E-state index contributed by atoms with van der Waals surface area (Å²) in [6, 6.07) is 0. The lowest BCUT2D eigenvalue weighted by Crippen LogP contribution is -2.65. The SMILES string of the molecule is C[C@@H]1O[C@@H](OCCNCNC(=O)CN(CC(=O)NNCCO[C@H]2O[C@H](CO[C@H]3O[C@H](CO)[C@@H](O)[C@H](O)[C@@H]3O)[C@@H](O)[C@H](O[C@H]3O[C@H](CO)[C@@H](O)[C@H](O)[C@@H]3O)[C@@H]2O)CC(=O)NON2C(=O)CCC2=O)[C@@H](O)[C@H](O)[C@@H]1O. The first kappa shape index (κ1) is 60.4. The number of nitrogens with zero attached hydrogens (tertiary/aromatic N) is 2. The molecule has 5 heterocycles. The number of hydroxylamine groups is 3. The van der Waals surface area contributed by atoms with Crippen LogP contribution in [0, 0.1) is 0 Å². The van der Waals surface area contributed by atoms with E-state index in [4.69, 9.17) is 42.8 Å². The Morgan fingerprint density at radius 1 is 0.589 bits per heavy atom. The minimum absolute atomic E-state index is 0.0679. The molecule has 34 nitrogen and oxygen atoms in total. The van der Waals surface area contributed by atoms with Gasteiger partial charge in [0.05, 0.1) is 65.4 Å². The Kier molecular flexibility index (Phi) is 23.7. The van der Waals surface area contributed by atoms with Crippen molar-refractivity contribution in [2.24, 2.45) is 0 Å². The fourth-order valence-electron chi connectivity index (χ4n) is 7.76. The van der Waals surface area contributed by atoms with Crippen molar-refractivity contribution in [1.82, 2.24) is 36.9 Å². The van der Waals surface area contributed by atoms with Gasteiger partial charge in [0.25, 0.3) is 17.7 Å². The topological polar surface area (TPSA) is 498 Å². The molecule has 420 valence electrons. The number of amides is 5. The quantitative estimate of drug-likeness (QED) is 0.0166. The van der Waals surface area contributed by atoms with Crippen molar-refractivity contribution in [3.8, 4) is 0 Å². The van der Waals surface area contributed by atoms with E-state index in [0.717, 1.165) is 4.90 Å². The molecule has 0 bridgehead atoms. The molecule has 34 heteroatoms. The Morgan fingerprint density at radius 3 is 1.71 bits per heavy atom. The van der Waals surface area contributed by atoms with Crippen molar-refractivity contribution in [2.75, 3.05) is 72.4 Å². The van der Waals surface area contributed by atoms with Gasteiger partial charge in [-0.15, -0.1) is 10.0 Å². The average molecular weight is 1070 g/mol. The minimum Gasteiger partial charge on any atom is -0.394 e. The lowest BCUT2D eigenvalue weighted by atomic mass is 9.96. The highest BCUT2D eigenvalue weighted by atomic mass is 16.8. The number of hydrogen-bond donors (Lipinski definition) is 18. The maximum atomic E-state index is 13.1. The number of nitrogens with one attached hydrogen (secondary N) is 5. The fourth-order valence-corrected chi connectivity index (χ4v) is 7.76. The molecule has 5 amide bonds. The number of rotatable bonds is 26. The van der Waals surface area contributed by atoms with Crippen LogP contribution in [0.25, 0.3) is 0 Å². The zero-order chi connectivity index (χ0) is 53.7. The average Bonchev–Trinajstić information content (AvgIpc) is 3.68. The largest absolute Gasteiger partial charge is 0.394 e. The van der Waals surface area contributed by atoms with Gasteiger partial charge in [0, 0.05) is 25.9 Å². The molecule has 5 saturated heterocycles. The molecule has 5 aliphatic rings. The summed E-state index contributed by atoms with van der Waals surface area (Å²) in [5.41, 5.74) is 6.71. The van der Waals surface area contributed by atoms with Crippen LogP contribution in [0.15, 0.2) is 0 Å². The van der Waals surface area contributed by atoms with Crippen molar-refractivity contribution in [3.05, 3.63) is 0 Å². The summed E-state index contributed by atoms with van der Waals surface area (Å²) in [4.78, 5) is 68.4. The van der Waals surface area contributed by atoms with Crippen molar-refractivity contribution < 1.29 is 133 Å². The van der Waals surface area contributed by atoms with Gasteiger partial charge in [-0.25, -0.2) is 10.9 Å². The molecule has 0 aromatic rings. The molecule has 0 aromatic heterocycles. The zero-order valence-corrected chi connectivity index (χ0v) is 39.2. The number of aliphatic hydroxyl groups is 13. The number of hydrogen-bond acceptors (Lipinski definition) is 30. The zero-order valence-electron chi connectivity index (χ0n) is 39.2. The molecular weight excluding hydrogens is 998 g/mol. The monoisotopic (exact) mass is 1070 g/mol. The first-order valence-corrected chi connectivity index (χ1v) is 23.0. The third-order valence-corrected chi connectivity index (χ3v) is 11.9. The summed E-state index contributed by atoms with van der Waals surface area (Å²) in [7, 11) is 0. The second-order valence-electron chi connectivity index (χ2n) is 17.4. The molecule has 73 heavy (non-hydrogen) atoms. The normalized spacial score (nSPS) is 38.2. The van der Waals surface area contributed by atoms with E-state index in [-0.39, 0.29) is 39.2 Å². The van der Waals surface area contributed by atoms with E-state index in [2.05, 4.69) is 21.5 Å². The Hall–Kier alpha value is -3.45. The van der Waals surface area contributed by atoms with Gasteiger partial charge >= 0.3 is 0 Å². The number of aliphatic hydroxyl groups excluding tert-OH is 13. The first-order chi connectivity index (χ1) is 34.7. The maximum absolute atomic E-state index is 13.1. The second-order valence-corrected chi connectivity index (χ2v) is 17.4. The van der Waals surface area contributed by atoms with Crippen molar-refractivity contribution in [3.63, 3.8) is 0 Å². The van der Waals surface area contributed by atoms with E-state index in [9.17, 15) is 90.4 Å². The predicted octanol–water partition coefficient (Wildman–Crippen LogP) is -13.0. The lowest BCUT2D eigenvalue weighted by Gasteiger charge is -2.46. The van der Waals surface area contributed by atoms with Gasteiger partial charge in [-0.3, -0.25) is 39.6 Å². The number of imide groups is 1. The molecule has 0 radical (unpaired) electrons. The summed E-state index contributed by atoms with van der Waals surface area (Å²) in [5, 5.41) is 139. The van der Waals surface area contributed by atoms with Crippen LogP contribution < -0.4 is 27.0 Å². The number of carbonyl (C=O) groups excluding carboxylic acids is 5. The molecule has 0 unspecified atom stereocenters. The number of hydrazine groups is 1. The van der Waals surface area contributed by atoms with Gasteiger partial charge in [0.1, 0.15) is 91.6 Å². The first-order valence-electron chi connectivity index (χ1n) is 23.0. The molecule has 18 N–H and O–H groups in total. The van der Waals surface area contributed by atoms with Crippen LogP contribution >= 0.6 is 0 Å². The molecule has 20 atom stereocenters. The molecule has 5 fully saturated rings. The highest BCUT2D eigenvalue weighted by molar-refractivity contribution is 6.00. The van der Waals surface area contributed by atoms with Crippen molar-refractivity contribution >= 4 is 29.5 Å². The van der Waals surface area contributed by atoms with Crippen LogP contribution in [0.2, 0.25) is 0 Å². The fraction of sp³-hybridized carbons (Fsp3) is 0.872. The Balaban J connectivity index is 1.13. The van der Waals surface area contributed by atoms with Gasteiger partial charge in [-0.05, 0) is 6.92 Å². The third kappa shape index (κ3) is 16.3. The number of ether oxygens (including phenoxy) is 8. The van der Waals surface area contributed by atoms with E-state index >= 15 is 0 Å². The summed E-state index contributed by atoms with van der Waals surface area (Å²) < 4.78 is 44.0. The van der Waals surface area contributed by atoms with Crippen LogP contribution in [0.1, 0.15) is 19.8 Å². The predicted molar refractivity (Wildman–Crippen MR) is 227 cm³/mol. The van der Waals surface area contributed by atoms with E-state index in [1.165, 1.54) is 6.92 Å². The Bertz CT molecular complexity index is 1770. The highest BCUT2D eigenvalue weighted by Gasteiger charge is 2.52. The second kappa shape index (κ2) is 28.6. The smallest absolute Gasteiger partial charge is 0.259 e. The van der Waals surface area contributed by atoms with Crippen LogP contribution in [0.4, 0.5) is 0 Å². The molecule has 5 rings (SSSR count). The van der Waals surface area contributed by atoms with E-state index in [1.54, 1.807) is 0 Å². The van der Waals surface area contributed by atoms with Crippen LogP contribution in [0.3, 0.4) is 0 Å². The summed E-state index contributed by atoms with van der Waals surface area (Å²) in [6.07, 6.45) is -33.2. The standard InChI is InChI=1S/C39H67N7O27/c1-15-24(54)28(58)31(61)36(68-15)65-6-4-40-14-41-19(49)8-45(10-21(51)44-73-46-22(52)2-3-23(46)53)9-20(50)43-42-5-7-66-38-34(64)35(72-39-33(63)30(60)26(56)17(12-48)70-39)27(57)18(71-38)13-67-37-32(62)29(59)25(55)16(11-47)69-37/h15-18,24-40,42,47-48,54-64H,2-14H2,1H3,(H,41,49)(H,43,50)(H,44,51)/t15-,16+,17+,18+,24+,25+,26+,27+,28+,29-,30-,31-,32-,33-,34-,35-,36+,37-,38-,39+/m0/s1. The van der Waals surface area contributed by atoms with Gasteiger partial charge in [0.2, 0.25) is 11.8 Å². The molecule has 0 aliphatic carbocycles. The van der Waals surface area contributed by atoms with E-state index in [0.29, 0.717) is 5.06 Å². The van der Waals surface area contributed by atoms with Gasteiger partial charge in [-0.2, -0.15) is 0 Å². The molecular formula is C39H67N7O27. The minimum atomic E-state index is -1.98. The van der Waals surface area contributed by atoms with E-state index in [1.807, 2.05) is 5.48 Å².